The summed E-state index contributed by atoms with van der Waals surface area (Å²) in [6.45, 7) is 6.07. The van der Waals surface area contributed by atoms with Crippen molar-refractivity contribution in [3.8, 4) is 0 Å². The molecule has 1 N–H and O–H groups in total. The molecule has 1 aromatic rings. The minimum absolute atomic E-state index is 0.104. The zero-order valence-corrected chi connectivity index (χ0v) is 9.81. The lowest BCUT2D eigenvalue weighted by Gasteiger charge is -2.26. The van der Waals surface area contributed by atoms with E-state index in [2.05, 4.69) is 29.5 Å². The van der Waals surface area contributed by atoms with E-state index >= 15 is 0 Å². The fourth-order valence-corrected chi connectivity index (χ4v) is 1.59. The molecule has 88 valence electrons. The Labute approximate surface area is 95.2 Å². The van der Waals surface area contributed by atoms with Gasteiger partial charge >= 0.3 is 0 Å². The van der Waals surface area contributed by atoms with Gasteiger partial charge in [0.15, 0.2) is 5.78 Å². The van der Waals surface area contributed by atoms with E-state index in [0.29, 0.717) is 24.1 Å². The summed E-state index contributed by atoms with van der Waals surface area (Å²) in [5, 5.41) is 11.1. The van der Waals surface area contributed by atoms with E-state index in [1.54, 1.807) is 10.9 Å². The second kappa shape index (κ2) is 4.74. The maximum absolute atomic E-state index is 11.8. The summed E-state index contributed by atoms with van der Waals surface area (Å²) >= 11 is 0. The van der Waals surface area contributed by atoms with Crippen LogP contribution < -0.4 is 5.32 Å². The summed E-state index contributed by atoms with van der Waals surface area (Å²) in [6.07, 6.45) is 3.25. The predicted octanol–water partition coefficient (Wildman–Crippen LogP) is 1.04. The first-order chi connectivity index (χ1) is 7.66. The number of ketones is 1. The molecule has 0 aromatic carbocycles. The molecular formula is C11H18N4O. The molecule has 0 atom stereocenters. The number of hydrogen-bond acceptors (Lipinski definition) is 4. The lowest BCUT2D eigenvalue weighted by atomic mass is 10.0. The molecule has 0 radical (unpaired) electrons. The molecule has 1 saturated heterocycles. The van der Waals surface area contributed by atoms with Gasteiger partial charge in [-0.3, -0.25) is 4.79 Å². The molecule has 0 spiro atoms. The van der Waals surface area contributed by atoms with Crippen molar-refractivity contribution in [3.05, 3.63) is 11.9 Å². The Kier molecular flexibility index (Phi) is 3.33. The Morgan fingerprint density at radius 3 is 2.94 bits per heavy atom. The summed E-state index contributed by atoms with van der Waals surface area (Å²) in [5.74, 6) is 0.655. The highest BCUT2D eigenvalue weighted by molar-refractivity contribution is 5.93. The van der Waals surface area contributed by atoms with Gasteiger partial charge in [-0.25, -0.2) is 4.68 Å². The maximum Gasteiger partial charge on any atom is 0.184 e. The molecular weight excluding hydrogens is 204 g/mol. The summed E-state index contributed by atoms with van der Waals surface area (Å²) in [5.41, 5.74) is 0.507. The summed E-state index contributed by atoms with van der Waals surface area (Å²) in [6, 6.07) is 0.374. The second-order valence-corrected chi connectivity index (χ2v) is 4.75. The van der Waals surface area contributed by atoms with Crippen LogP contribution in [0.3, 0.4) is 0 Å². The molecule has 16 heavy (non-hydrogen) atoms. The van der Waals surface area contributed by atoms with Crippen molar-refractivity contribution in [3.63, 3.8) is 0 Å². The van der Waals surface area contributed by atoms with Crippen LogP contribution in [0.15, 0.2) is 6.20 Å². The third kappa shape index (κ3) is 2.47. The molecule has 1 aromatic heterocycles. The van der Waals surface area contributed by atoms with E-state index in [-0.39, 0.29) is 5.78 Å². The second-order valence-electron chi connectivity index (χ2n) is 4.75. The predicted molar refractivity (Wildman–Crippen MR) is 60.3 cm³/mol. The average molecular weight is 222 g/mol. The van der Waals surface area contributed by atoms with Crippen molar-refractivity contribution in [1.29, 1.82) is 0 Å². The molecule has 0 aliphatic carbocycles. The van der Waals surface area contributed by atoms with Crippen molar-refractivity contribution < 1.29 is 4.79 Å². The molecule has 0 unspecified atom stereocenters. The summed E-state index contributed by atoms with van der Waals surface area (Å²) in [7, 11) is 0. The molecule has 0 saturated carbocycles. The zero-order chi connectivity index (χ0) is 11.5. The number of hydrogen-bond donors (Lipinski definition) is 1. The molecule has 1 fully saturated rings. The summed E-state index contributed by atoms with van der Waals surface area (Å²) < 4.78 is 1.79. The van der Waals surface area contributed by atoms with Crippen molar-refractivity contribution >= 4 is 5.78 Å². The van der Waals surface area contributed by atoms with Crippen LogP contribution in [0.2, 0.25) is 0 Å². The van der Waals surface area contributed by atoms with Crippen LogP contribution in [-0.4, -0.2) is 33.9 Å². The Morgan fingerprint density at radius 1 is 1.62 bits per heavy atom. The first kappa shape index (κ1) is 11.3. The molecule has 2 rings (SSSR count). The van der Waals surface area contributed by atoms with E-state index < -0.39 is 0 Å². The SMILES string of the molecule is CC(C)CCC(=O)c1cn(C2CNC2)nn1. The standard InChI is InChI=1S/C11H18N4O/c1-8(2)3-4-11(16)10-7-15(14-13-10)9-5-12-6-9/h7-9,12H,3-6H2,1-2H3. The largest absolute Gasteiger partial charge is 0.312 e. The minimum Gasteiger partial charge on any atom is -0.312 e. The number of aromatic nitrogens is 3. The average Bonchev–Trinajstić information content (AvgIpc) is 2.60. The van der Waals surface area contributed by atoms with Gasteiger partial charge in [0.25, 0.3) is 0 Å². The number of Topliss-reactive ketones (excluding diaryl/α,β-unsaturated/α-hetero) is 1. The first-order valence-corrected chi connectivity index (χ1v) is 5.82. The third-order valence-electron chi connectivity index (χ3n) is 2.88. The number of carbonyl (C=O) groups is 1. The van der Waals surface area contributed by atoms with E-state index in [1.807, 2.05) is 0 Å². The third-order valence-corrected chi connectivity index (χ3v) is 2.88. The normalized spacial score (nSPS) is 16.4. The maximum atomic E-state index is 11.8. The molecule has 0 bridgehead atoms. The summed E-state index contributed by atoms with van der Waals surface area (Å²) in [4.78, 5) is 11.8. The van der Waals surface area contributed by atoms with Crippen molar-refractivity contribution in [2.75, 3.05) is 13.1 Å². The van der Waals surface area contributed by atoms with Gasteiger partial charge in [-0.2, -0.15) is 0 Å². The fourth-order valence-electron chi connectivity index (χ4n) is 1.59. The van der Waals surface area contributed by atoms with Crippen molar-refractivity contribution in [2.24, 2.45) is 5.92 Å². The molecule has 2 heterocycles. The monoisotopic (exact) mass is 222 g/mol. The number of nitrogens with zero attached hydrogens (tertiary/aromatic N) is 3. The van der Waals surface area contributed by atoms with Gasteiger partial charge in [-0.1, -0.05) is 19.1 Å². The van der Waals surface area contributed by atoms with Crippen LogP contribution >= 0.6 is 0 Å². The minimum atomic E-state index is 0.104. The van der Waals surface area contributed by atoms with E-state index in [1.165, 1.54) is 0 Å². The molecule has 1 aliphatic heterocycles. The van der Waals surface area contributed by atoms with Gasteiger partial charge in [-0.15, -0.1) is 5.10 Å². The quantitative estimate of drug-likeness (QED) is 0.756. The van der Waals surface area contributed by atoms with Crippen LogP contribution in [0.1, 0.15) is 43.2 Å². The highest BCUT2D eigenvalue weighted by Crippen LogP contribution is 2.12. The zero-order valence-electron chi connectivity index (χ0n) is 9.81. The van der Waals surface area contributed by atoms with E-state index in [0.717, 1.165) is 19.5 Å². The van der Waals surface area contributed by atoms with Crippen LogP contribution in [0.4, 0.5) is 0 Å². The van der Waals surface area contributed by atoms with E-state index in [9.17, 15) is 4.79 Å². The molecule has 1 aliphatic rings. The van der Waals surface area contributed by atoms with Gasteiger partial charge in [0, 0.05) is 19.5 Å². The van der Waals surface area contributed by atoms with Crippen LogP contribution in [-0.2, 0) is 0 Å². The van der Waals surface area contributed by atoms with Gasteiger partial charge < -0.3 is 5.32 Å². The molecule has 5 heteroatoms. The van der Waals surface area contributed by atoms with Crippen LogP contribution in [0, 0.1) is 5.92 Å². The van der Waals surface area contributed by atoms with Crippen LogP contribution in [0.5, 0.6) is 0 Å². The Morgan fingerprint density at radius 2 is 2.38 bits per heavy atom. The highest BCUT2D eigenvalue weighted by Gasteiger charge is 2.21. The van der Waals surface area contributed by atoms with Crippen molar-refractivity contribution in [2.45, 2.75) is 32.7 Å². The fraction of sp³-hybridized carbons (Fsp3) is 0.727. The van der Waals surface area contributed by atoms with Crippen LogP contribution in [0.25, 0.3) is 0 Å². The van der Waals surface area contributed by atoms with Crippen molar-refractivity contribution in [1.82, 2.24) is 20.3 Å². The molecule has 0 amide bonds. The lowest BCUT2D eigenvalue weighted by Crippen LogP contribution is -2.43. The highest BCUT2D eigenvalue weighted by atomic mass is 16.1. The number of carbonyl (C=O) groups excluding carboxylic acids is 1. The van der Waals surface area contributed by atoms with Gasteiger partial charge in [0.1, 0.15) is 5.69 Å². The van der Waals surface area contributed by atoms with Gasteiger partial charge in [0.2, 0.25) is 0 Å². The topological polar surface area (TPSA) is 59.8 Å². The number of rotatable bonds is 5. The Hall–Kier alpha value is -1.23. The number of nitrogens with one attached hydrogen (secondary N) is 1. The van der Waals surface area contributed by atoms with Gasteiger partial charge in [0.05, 0.1) is 12.2 Å². The Balaban J connectivity index is 1.92. The first-order valence-electron chi connectivity index (χ1n) is 5.82. The molecule has 5 nitrogen and oxygen atoms in total. The van der Waals surface area contributed by atoms with E-state index in [4.69, 9.17) is 0 Å². The Bertz CT molecular complexity index is 368. The smallest absolute Gasteiger partial charge is 0.184 e. The lowest BCUT2D eigenvalue weighted by molar-refractivity contribution is 0.0970. The van der Waals surface area contributed by atoms with Gasteiger partial charge in [-0.05, 0) is 12.3 Å².